The molecule has 7 aromatic carbocycles. The van der Waals surface area contributed by atoms with Gasteiger partial charge in [-0.3, -0.25) is 8.97 Å². The maximum Gasteiger partial charge on any atom is 0.241 e. The number of hydrogen-bond donors (Lipinski definition) is 0. The third-order valence-electron chi connectivity index (χ3n) is 12.1. The van der Waals surface area contributed by atoms with Crippen LogP contribution in [-0.2, 0) is 33.6 Å². The van der Waals surface area contributed by atoms with Gasteiger partial charge in [0.25, 0.3) is 0 Å². The molecule has 0 fully saturated rings. The summed E-state index contributed by atoms with van der Waals surface area (Å²) in [6.45, 7) is 0. The fourth-order valence-corrected chi connectivity index (χ4v) is 9.11. The number of pyridine rings is 2. The Bertz CT molecular complexity index is 3800. The Labute approximate surface area is 400 Å². The van der Waals surface area contributed by atoms with Crippen LogP contribution in [-0.4, -0.2) is 33.1 Å². The standard InChI is InChI=1S/C41H28N6.C17H11N2.Ir/c1-44-28-45(32-14-4-2-5-15-32)27-34(44)24-29-21-22-38-39(25-29)47-40-35(30-12-10-13-31(26-30)36-19-8-9-23-42-36)18-11-20-37(40)43-41(47)46(38)33-16-6-3-7-17-33;1-3-9-15-13(7-1)14-8-2-4-10-16(14)19(15)17-11-5-6-12-18-17;/h2-12,14,16-23,25-27H,24H2,1H3;1-9,11-12H;/q-2;-1;. The smallest absolute Gasteiger partial charge is 0.241 e. The summed E-state index contributed by atoms with van der Waals surface area (Å²) in [6.07, 6.45) is 9.94. The van der Waals surface area contributed by atoms with Gasteiger partial charge in [0.15, 0.2) is 0 Å². The van der Waals surface area contributed by atoms with Gasteiger partial charge in [0, 0.05) is 55.6 Å². The molecule has 0 amide bonds. The summed E-state index contributed by atoms with van der Waals surface area (Å²) in [7, 11) is 2.05. The molecular weight excluding hydrogens is 1000 g/mol. The zero-order chi connectivity index (χ0) is 44.0. The second kappa shape index (κ2) is 17.6. The van der Waals surface area contributed by atoms with Crippen molar-refractivity contribution in [1.29, 1.82) is 0 Å². The number of para-hydroxylation sites is 5. The summed E-state index contributed by atoms with van der Waals surface area (Å²) in [5.41, 5.74) is 14.9. The molecule has 0 saturated carbocycles. The van der Waals surface area contributed by atoms with Gasteiger partial charge >= 0.3 is 0 Å². The summed E-state index contributed by atoms with van der Waals surface area (Å²) in [4.78, 5) is 14.3. The van der Waals surface area contributed by atoms with Crippen LogP contribution in [0.1, 0.15) is 11.3 Å². The van der Waals surface area contributed by atoms with Gasteiger partial charge in [-0.1, -0.05) is 89.6 Å². The van der Waals surface area contributed by atoms with Gasteiger partial charge in [-0.05, 0) is 83.2 Å². The van der Waals surface area contributed by atoms with Crippen molar-refractivity contribution in [2.75, 3.05) is 0 Å². The first kappa shape index (κ1) is 41.5. The van der Waals surface area contributed by atoms with E-state index in [0.29, 0.717) is 0 Å². The van der Waals surface area contributed by atoms with Crippen molar-refractivity contribution in [3.05, 3.63) is 242 Å². The van der Waals surface area contributed by atoms with Crippen LogP contribution in [0.2, 0.25) is 0 Å². The third kappa shape index (κ3) is 7.50. The number of aryl methyl sites for hydroxylation is 1. The van der Waals surface area contributed by atoms with Crippen LogP contribution in [0, 0.1) is 24.5 Å². The minimum absolute atomic E-state index is 0. The molecule has 0 bridgehead atoms. The largest absolute Gasteiger partial charge is 0.348 e. The van der Waals surface area contributed by atoms with Gasteiger partial charge in [0.2, 0.25) is 12.1 Å². The first-order valence-corrected chi connectivity index (χ1v) is 21.9. The first-order valence-electron chi connectivity index (χ1n) is 21.9. The Kier molecular flexibility index (Phi) is 10.9. The topological polar surface area (TPSA) is 61.8 Å². The molecule has 67 heavy (non-hydrogen) atoms. The van der Waals surface area contributed by atoms with Crippen LogP contribution in [0.3, 0.4) is 0 Å². The molecule has 0 N–H and O–H groups in total. The molecule has 0 aliphatic rings. The van der Waals surface area contributed by atoms with E-state index in [0.717, 1.165) is 85.1 Å². The summed E-state index contributed by atoms with van der Waals surface area (Å²) < 4.78 is 10.8. The maximum atomic E-state index is 5.25. The van der Waals surface area contributed by atoms with Crippen molar-refractivity contribution in [2.45, 2.75) is 6.42 Å². The molecule has 0 unspecified atom stereocenters. The normalized spacial score (nSPS) is 11.3. The Morgan fingerprint density at radius 2 is 1.40 bits per heavy atom. The maximum absolute atomic E-state index is 5.25. The second-order valence-corrected chi connectivity index (χ2v) is 16.2. The number of benzene rings is 7. The van der Waals surface area contributed by atoms with Gasteiger partial charge < -0.3 is 18.7 Å². The van der Waals surface area contributed by atoms with E-state index in [-0.39, 0.29) is 20.1 Å². The molecule has 9 heteroatoms. The Morgan fingerprint density at radius 3 is 2.24 bits per heavy atom. The Hall–Kier alpha value is -8.23. The molecule has 0 aliphatic carbocycles. The predicted octanol–water partition coefficient (Wildman–Crippen LogP) is 11.7. The van der Waals surface area contributed by atoms with Crippen molar-refractivity contribution >= 4 is 49.7 Å². The second-order valence-electron chi connectivity index (χ2n) is 16.2. The number of rotatable bonds is 7. The van der Waals surface area contributed by atoms with Crippen molar-refractivity contribution < 1.29 is 24.7 Å². The third-order valence-corrected chi connectivity index (χ3v) is 12.1. The molecule has 0 spiro atoms. The summed E-state index contributed by atoms with van der Waals surface area (Å²) in [5, 5.41) is 2.45. The molecule has 13 aromatic rings. The first-order chi connectivity index (χ1) is 32.7. The molecule has 0 aliphatic heterocycles. The van der Waals surface area contributed by atoms with Gasteiger partial charge in [-0.15, -0.1) is 35.2 Å². The minimum atomic E-state index is 0. The molecule has 6 aromatic heterocycles. The monoisotopic (exact) mass is 1040 g/mol. The van der Waals surface area contributed by atoms with Crippen LogP contribution in [0.4, 0.5) is 0 Å². The Balaban J connectivity index is 0.000000206. The van der Waals surface area contributed by atoms with E-state index in [1.54, 1.807) is 0 Å². The van der Waals surface area contributed by atoms with Crippen LogP contribution in [0.15, 0.2) is 207 Å². The number of nitrogens with zero attached hydrogens (tertiary/aromatic N) is 8. The predicted molar refractivity (Wildman–Crippen MR) is 262 cm³/mol. The average Bonchev–Trinajstić information content (AvgIpc) is 4.13. The fourth-order valence-electron chi connectivity index (χ4n) is 9.11. The minimum Gasteiger partial charge on any atom is -0.348 e. The van der Waals surface area contributed by atoms with Crippen LogP contribution in [0.25, 0.3) is 89.2 Å². The van der Waals surface area contributed by atoms with Crippen molar-refractivity contribution in [2.24, 2.45) is 7.05 Å². The van der Waals surface area contributed by atoms with E-state index in [9.17, 15) is 0 Å². The van der Waals surface area contributed by atoms with E-state index in [4.69, 9.17) is 4.98 Å². The van der Waals surface area contributed by atoms with Gasteiger partial charge in [-0.2, -0.15) is 54.6 Å². The summed E-state index contributed by atoms with van der Waals surface area (Å²) >= 11 is 0. The molecule has 0 atom stereocenters. The van der Waals surface area contributed by atoms with E-state index >= 15 is 0 Å². The molecule has 0 saturated heterocycles. The molecule has 13 rings (SSSR count). The van der Waals surface area contributed by atoms with Crippen molar-refractivity contribution in [3.63, 3.8) is 0 Å². The van der Waals surface area contributed by atoms with Crippen LogP contribution >= 0.6 is 0 Å². The van der Waals surface area contributed by atoms with E-state index in [1.807, 2.05) is 109 Å². The quantitative estimate of drug-likeness (QED) is 0.118. The van der Waals surface area contributed by atoms with Crippen LogP contribution in [0.5, 0.6) is 0 Å². The molecular formula is C58H39IrN8-3. The summed E-state index contributed by atoms with van der Waals surface area (Å²) in [5.74, 6) is 1.80. The molecule has 323 valence electrons. The van der Waals surface area contributed by atoms with E-state index in [2.05, 4.69) is 162 Å². The van der Waals surface area contributed by atoms with Gasteiger partial charge in [0.05, 0.1) is 29.1 Å². The fraction of sp³-hybridized carbons (Fsp3) is 0.0345. The summed E-state index contributed by atoms with van der Waals surface area (Å²) in [6, 6.07) is 74.3. The van der Waals surface area contributed by atoms with Crippen LogP contribution < -0.4 is 4.57 Å². The van der Waals surface area contributed by atoms with Gasteiger partial charge in [-0.25, -0.2) is 9.97 Å². The number of hydrogen-bond acceptors (Lipinski definition) is 3. The number of imidazole rings is 3. The zero-order valence-corrected chi connectivity index (χ0v) is 38.6. The van der Waals surface area contributed by atoms with E-state index < -0.39 is 0 Å². The number of aromatic nitrogens is 8. The van der Waals surface area contributed by atoms with Crippen molar-refractivity contribution in [1.82, 2.24) is 33.1 Å². The molecule has 6 heterocycles. The van der Waals surface area contributed by atoms with Gasteiger partial charge in [0.1, 0.15) is 5.82 Å². The molecule has 1 radical (unpaired) electrons. The zero-order valence-electron chi connectivity index (χ0n) is 36.2. The average molecular weight is 1040 g/mol. The number of fused-ring (bicyclic) bond motifs is 8. The SMILES string of the molecule is C[n+]1[c-]n(-c2[c-]cccc2)cc1Cc1ccc2c(c1)n1c3c(-c4cc[c-]c(-c5ccccn5)c4)cccc3nc1n2-c1ccccc1.[Ir].[c-]1cccc2c3ccccc3n(-c3ccccn3)c12. The Morgan fingerprint density at radius 1 is 0.597 bits per heavy atom. The van der Waals surface area contributed by atoms with Crippen molar-refractivity contribution in [3.8, 4) is 39.6 Å². The molecule has 8 nitrogen and oxygen atoms in total. The van der Waals surface area contributed by atoms with E-state index in [1.165, 1.54) is 21.9 Å².